The molecule has 0 atom stereocenters. The van der Waals surface area contributed by atoms with E-state index in [0.29, 0.717) is 22.9 Å². The Hall–Kier alpha value is -5.76. The summed E-state index contributed by atoms with van der Waals surface area (Å²) in [5.41, 5.74) is 7.97. The van der Waals surface area contributed by atoms with Crippen molar-refractivity contribution in [2.24, 2.45) is 0 Å². The van der Waals surface area contributed by atoms with Crippen LogP contribution in [0.3, 0.4) is 0 Å². The Labute approximate surface area is 330 Å². The summed E-state index contributed by atoms with van der Waals surface area (Å²) in [5.74, 6) is 1.68. The molecule has 0 fully saturated rings. The first-order valence-electron chi connectivity index (χ1n) is 20.2. The summed E-state index contributed by atoms with van der Waals surface area (Å²) < 4.78 is 13.4. The lowest BCUT2D eigenvalue weighted by molar-refractivity contribution is -0.121. The van der Waals surface area contributed by atoms with Gasteiger partial charge in [0.05, 0.1) is 11.4 Å². The number of hydrogen-bond acceptors (Lipinski definition) is 6. The van der Waals surface area contributed by atoms with E-state index in [9.17, 15) is 19.2 Å². The molecule has 0 radical (unpaired) electrons. The molecule has 0 saturated heterocycles. The van der Waals surface area contributed by atoms with Crippen molar-refractivity contribution in [3.05, 3.63) is 119 Å². The molecular weight excluding hydrogens is 701 g/mol. The van der Waals surface area contributed by atoms with Gasteiger partial charge in [0, 0.05) is 24.3 Å². The van der Waals surface area contributed by atoms with E-state index in [4.69, 9.17) is 9.47 Å². The molecule has 0 spiro atoms. The number of carbonyl (C=O) groups is 4. The van der Waals surface area contributed by atoms with E-state index in [0.717, 1.165) is 132 Å². The number of nitrogens with zero attached hydrogens (tertiary/aromatic N) is 2. The molecule has 4 aromatic rings. The van der Waals surface area contributed by atoms with E-state index < -0.39 is 0 Å². The molecule has 2 aliphatic rings. The molecule has 8 heteroatoms. The maximum atomic E-state index is 12.3. The predicted octanol–water partition coefficient (Wildman–Crippen LogP) is 11.2. The van der Waals surface area contributed by atoms with Gasteiger partial charge in [-0.1, -0.05) is 53.4 Å². The highest BCUT2D eigenvalue weighted by molar-refractivity contribution is 6.28. The van der Waals surface area contributed by atoms with Gasteiger partial charge < -0.3 is 9.47 Å². The van der Waals surface area contributed by atoms with Crippen molar-refractivity contribution in [2.45, 2.75) is 105 Å². The van der Waals surface area contributed by atoms with Gasteiger partial charge in [-0.25, -0.2) is 9.80 Å². The molecule has 0 saturated carbocycles. The molecule has 2 aliphatic heterocycles. The molecule has 0 N–H and O–H groups in total. The molecule has 6 rings (SSSR count). The van der Waals surface area contributed by atoms with Crippen molar-refractivity contribution in [3.63, 3.8) is 0 Å². The number of benzene rings is 4. The number of ether oxygens (including phenoxy) is 2. The molecule has 56 heavy (non-hydrogen) atoms. The number of amides is 4. The van der Waals surface area contributed by atoms with Crippen LogP contribution in [0.25, 0.3) is 11.1 Å². The quantitative estimate of drug-likeness (QED) is 0.0885. The van der Waals surface area contributed by atoms with Crippen molar-refractivity contribution < 1.29 is 28.7 Å². The van der Waals surface area contributed by atoms with Gasteiger partial charge in [0.15, 0.2) is 0 Å². The van der Waals surface area contributed by atoms with Crippen molar-refractivity contribution >= 4 is 35.0 Å². The molecule has 0 unspecified atom stereocenters. The summed E-state index contributed by atoms with van der Waals surface area (Å²) in [7, 11) is 0. The maximum Gasteiger partial charge on any atom is 0.258 e. The van der Waals surface area contributed by atoms with E-state index in [-0.39, 0.29) is 23.6 Å². The number of unbranched alkanes of at least 4 members (excludes halogenated alkanes) is 4. The lowest BCUT2D eigenvalue weighted by Gasteiger charge is -2.21. The molecule has 8 nitrogen and oxygen atoms in total. The van der Waals surface area contributed by atoms with Crippen LogP contribution in [0.1, 0.15) is 101 Å². The predicted molar refractivity (Wildman–Crippen MR) is 223 cm³/mol. The Morgan fingerprint density at radius 1 is 0.411 bits per heavy atom. The zero-order valence-corrected chi connectivity index (χ0v) is 33.1. The van der Waals surface area contributed by atoms with E-state index >= 15 is 0 Å². The monoisotopic (exact) mass is 752 g/mol. The largest absolute Gasteiger partial charge is 0.457 e. The molecule has 4 aromatic carbocycles. The van der Waals surface area contributed by atoms with Crippen molar-refractivity contribution in [1.82, 2.24) is 0 Å². The van der Waals surface area contributed by atoms with Gasteiger partial charge in [0.25, 0.3) is 23.6 Å². The fraction of sp³-hybridized carbons (Fsp3) is 0.333. The van der Waals surface area contributed by atoms with E-state index in [1.54, 1.807) is 24.3 Å². The number of hydrogen-bond donors (Lipinski definition) is 0. The summed E-state index contributed by atoms with van der Waals surface area (Å²) in [6, 6.07) is 23.5. The van der Waals surface area contributed by atoms with Gasteiger partial charge in [0.1, 0.15) is 23.0 Å². The number of imide groups is 2. The lowest BCUT2D eigenvalue weighted by atomic mass is 9.90. The number of carbonyl (C=O) groups excluding carboxylic acids is 4. The van der Waals surface area contributed by atoms with Crippen LogP contribution in [0.15, 0.2) is 97.1 Å². The van der Waals surface area contributed by atoms with Crippen LogP contribution in [-0.4, -0.2) is 23.6 Å². The first-order chi connectivity index (χ1) is 27.2. The summed E-state index contributed by atoms with van der Waals surface area (Å²) in [6.45, 7) is 8.80. The van der Waals surface area contributed by atoms with Gasteiger partial charge >= 0.3 is 0 Å². The molecule has 290 valence electrons. The second-order valence-corrected chi connectivity index (χ2v) is 14.5. The summed E-state index contributed by atoms with van der Waals surface area (Å²) in [6.07, 6.45) is 16.9. The number of aryl methyl sites for hydroxylation is 4. The second-order valence-electron chi connectivity index (χ2n) is 14.5. The topological polar surface area (TPSA) is 93.2 Å². The summed E-state index contributed by atoms with van der Waals surface area (Å²) >= 11 is 0. The zero-order valence-electron chi connectivity index (χ0n) is 33.1. The lowest BCUT2D eigenvalue weighted by Crippen LogP contribution is -2.29. The Morgan fingerprint density at radius 3 is 0.929 bits per heavy atom. The number of rotatable bonds is 19. The molecule has 0 aliphatic carbocycles. The van der Waals surface area contributed by atoms with Crippen LogP contribution in [0.2, 0.25) is 0 Å². The second kappa shape index (κ2) is 18.7. The summed E-state index contributed by atoms with van der Waals surface area (Å²) in [4.78, 5) is 51.4. The van der Waals surface area contributed by atoms with Crippen LogP contribution in [0.5, 0.6) is 23.0 Å². The van der Waals surface area contributed by atoms with Crippen LogP contribution in [0.4, 0.5) is 11.4 Å². The van der Waals surface area contributed by atoms with Crippen molar-refractivity contribution in [3.8, 4) is 34.1 Å². The SMILES string of the molecule is CCCCc1cc(-c2cc(CCCC)c(Oc3ccc(N4C(=O)C=CC4=O)cc3)c(CCCC)c2)cc(CCCC)c1Oc1ccc(N2C(=O)C=CC2=O)cc1. The first-order valence-corrected chi connectivity index (χ1v) is 20.2. The standard InChI is InChI=1S/C48H52N2O6/c1-5-9-13-33-29-37(30-34(14-10-6-2)47(33)55-41-21-17-39(18-22-41)49-43(51)25-26-44(49)52)38-31-35(15-11-7-3)48(36(32-38)16-12-8-4)56-42-23-19-40(20-24-42)50-45(53)27-28-46(50)54/h17-32H,5-16H2,1-4H3. The third-order valence-electron chi connectivity index (χ3n) is 10.3. The van der Waals surface area contributed by atoms with Gasteiger partial charge in [-0.15, -0.1) is 0 Å². The van der Waals surface area contributed by atoms with E-state index in [1.807, 2.05) is 24.3 Å². The minimum Gasteiger partial charge on any atom is -0.457 e. The van der Waals surface area contributed by atoms with Gasteiger partial charge in [-0.05, 0) is 158 Å². The third-order valence-corrected chi connectivity index (χ3v) is 10.3. The van der Waals surface area contributed by atoms with Crippen LogP contribution in [0, 0.1) is 0 Å². The highest BCUT2D eigenvalue weighted by Crippen LogP contribution is 2.41. The Kier molecular flexibility index (Phi) is 13.3. The van der Waals surface area contributed by atoms with E-state index in [2.05, 4.69) is 52.0 Å². The van der Waals surface area contributed by atoms with Gasteiger partial charge in [0.2, 0.25) is 0 Å². The van der Waals surface area contributed by atoms with Crippen LogP contribution < -0.4 is 19.3 Å². The highest BCUT2D eigenvalue weighted by Gasteiger charge is 2.26. The molecule has 0 aromatic heterocycles. The first kappa shape index (κ1) is 39.9. The minimum absolute atomic E-state index is 0.347. The van der Waals surface area contributed by atoms with Gasteiger partial charge in [-0.3, -0.25) is 19.2 Å². The van der Waals surface area contributed by atoms with Crippen LogP contribution >= 0.6 is 0 Å². The molecule has 4 amide bonds. The van der Waals surface area contributed by atoms with Crippen LogP contribution in [-0.2, 0) is 44.9 Å². The summed E-state index contributed by atoms with van der Waals surface area (Å²) in [5, 5.41) is 0. The zero-order chi connectivity index (χ0) is 39.6. The highest BCUT2D eigenvalue weighted by atomic mass is 16.5. The average Bonchev–Trinajstić information content (AvgIpc) is 3.73. The Bertz CT molecular complexity index is 1880. The molecule has 0 bridgehead atoms. The minimum atomic E-state index is -0.347. The Balaban J connectivity index is 1.38. The van der Waals surface area contributed by atoms with Crippen molar-refractivity contribution in [1.29, 1.82) is 0 Å². The maximum absolute atomic E-state index is 12.3. The van der Waals surface area contributed by atoms with E-state index in [1.165, 1.54) is 24.3 Å². The average molecular weight is 753 g/mol. The number of anilines is 2. The Morgan fingerprint density at radius 2 is 0.679 bits per heavy atom. The van der Waals surface area contributed by atoms with Crippen molar-refractivity contribution in [2.75, 3.05) is 9.80 Å². The fourth-order valence-electron chi connectivity index (χ4n) is 7.19. The molecule has 2 heterocycles. The molecular formula is C48H52N2O6. The third kappa shape index (κ3) is 9.19. The normalized spacial score (nSPS) is 13.8. The fourth-order valence-corrected chi connectivity index (χ4v) is 7.19. The smallest absolute Gasteiger partial charge is 0.258 e. The van der Waals surface area contributed by atoms with Gasteiger partial charge in [-0.2, -0.15) is 0 Å².